The van der Waals surface area contributed by atoms with Crippen LogP contribution in [-0.2, 0) is 0 Å². The first-order chi connectivity index (χ1) is 10.1. The van der Waals surface area contributed by atoms with Crippen LogP contribution >= 0.6 is 11.3 Å². The summed E-state index contributed by atoms with van der Waals surface area (Å²) in [6.45, 7) is 2.49. The topological polar surface area (TPSA) is 56.7 Å². The van der Waals surface area contributed by atoms with E-state index < -0.39 is 5.82 Å². The first-order valence-electron chi connectivity index (χ1n) is 6.57. The zero-order valence-corrected chi connectivity index (χ0v) is 12.0. The van der Waals surface area contributed by atoms with Gasteiger partial charge in [-0.15, -0.1) is 11.3 Å². The van der Waals surface area contributed by atoms with Gasteiger partial charge in [0.1, 0.15) is 11.6 Å². The number of carbonyl (C=O) groups excluding carboxylic acids is 1. The fourth-order valence-corrected chi connectivity index (χ4v) is 3.03. The van der Waals surface area contributed by atoms with E-state index in [1.165, 1.54) is 12.1 Å². The van der Waals surface area contributed by atoms with E-state index in [0.717, 1.165) is 11.2 Å². The summed E-state index contributed by atoms with van der Waals surface area (Å²) in [4.78, 5) is 20.4. The van der Waals surface area contributed by atoms with E-state index in [4.69, 9.17) is 0 Å². The van der Waals surface area contributed by atoms with Gasteiger partial charge in [0, 0.05) is 43.8 Å². The zero-order chi connectivity index (χ0) is 14.8. The number of aromatic nitrogens is 1. The van der Waals surface area contributed by atoms with Crippen LogP contribution in [0.5, 0.6) is 5.75 Å². The molecule has 1 N–H and O–H groups in total. The molecule has 0 spiro atoms. The molecule has 21 heavy (non-hydrogen) atoms. The highest BCUT2D eigenvalue weighted by Crippen LogP contribution is 2.22. The SMILES string of the molecule is O=C(c1ccc(F)cc1O)N1CCN(c2nccs2)CC1. The molecule has 7 heteroatoms. The number of phenols is 1. The summed E-state index contributed by atoms with van der Waals surface area (Å²) in [5.74, 6) is -1.15. The summed E-state index contributed by atoms with van der Waals surface area (Å²) in [5, 5.41) is 12.6. The van der Waals surface area contributed by atoms with Gasteiger partial charge in [0.15, 0.2) is 5.13 Å². The summed E-state index contributed by atoms with van der Waals surface area (Å²) >= 11 is 1.57. The van der Waals surface area contributed by atoms with E-state index >= 15 is 0 Å². The summed E-state index contributed by atoms with van der Waals surface area (Å²) < 4.78 is 13.0. The molecule has 0 radical (unpaired) electrons. The van der Waals surface area contributed by atoms with Gasteiger partial charge in [0.2, 0.25) is 0 Å². The number of amides is 1. The second-order valence-electron chi connectivity index (χ2n) is 4.76. The number of rotatable bonds is 2. The second kappa shape index (κ2) is 5.69. The molecular weight excluding hydrogens is 293 g/mol. The molecule has 1 aliphatic heterocycles. The van der Waals surface area contributed by atoms with Gasteiger partial charge >= 0.3 is 0 Å². The van der Waals surface area contributed by atoms with Gasteiger partial charge in [-0.1, -0.05) is 0 Å². The molecule has 110 valence electrons. The van der Waals surface area contributed by atoms with Gasteiger partial charge in [0.05, 0.1) is 5.56 Å². The Morgan fingerprint density at radius 3 is 2.67 bits per heavy atom. The largest absolute Gasteiger partial charge is 0.507 e. The summed E-state index contributed by atoms with van der Waals surface area (Å²) in [6.07, 6.45) is 1.76. The predicted molar refractivity (Wildman–Crippen MR) is 78.3 cm³/mol. The van der Waals surface area contributed by atoms with Crippen LogP contribution in [0.3, 0.4) is 0 Å². The van der Waals surface area contributed by atoms with Crippen molar-refractivity contribution in [2.24, 2.45) is 0 Å². The minimum atomic E-state index is -0.558. The predicted octanol–water partition coefficient (Wildman–Crippen LogP) is 1.95. The quantitative estimate of drug-likeness (QED) is 0.921. The number of aromatic hydroxyl groups is 1. The van der Waals surface area contributed by atoms with Crippen LogP contribution in [0.15, 0.2) is 29.8 Å². The van der Waals surface area contributed by atoms with Crippen LogP contribution < -0.4 is 4.90 Å². The number of phenolic OH excluding ortho intramolecular Hbond substituents is 1. The third kappa shape index (κ3) is 2.82. The van der Waals surface area contributed by atoms with E-state index in [1.54, 1.807) is 22.4 Å². The summed E-state index contributed by atoms with van der Waals surface area (Å²) in [7, 11) is 0. The lowest BCUT2D eigenvalue weighted by atomic mass is 10.1. The van der Waals surface area contributed by atoms with Crippen LogP contribution in [0.25, 0.3) is 0 Å². The van der Waals surface area contributed by atoms with Crippen molar-refractivity contribution < 1.29 is 14.3 Å². The van der Waals surface area contributed by atoms with Gasteiger partial charge in [-0.2, -0.15) is 0 Å². The molecule has 2 heterocycles. The number of nitrogens with zero attached hydrogens (tertiary/aromatic N) is 3. The van der Waals surface area contributed by atoms with E-state index in [-0.39, 0.29) is 17.2 Å². The van der Waals surface area contributed by atoms with E-state index in [9.17, 15) is 14.3 Å². The van der Waals surface area contributed by atoms with E-state index in [2.05, 4.69) is 9.88 Å². The van der Waals surface area contributed by atoms with Crippen molar-refractivity contribution in [3.8, 4) is 5.75 Å². The van der Waals surface area contributed by atoms with Gasteiger partial charge in [-0.25, -0.2) is 9.37 Å². The van der Waals surface area contributed by atoms with E-state index in [0.29, 0.717) is 26.2 Å². The Labute approximate surface area is 125 Å². The highest BCUT2D eigenvalue weighted by atomic mass is 32.1. The number of anilines is 1. The molecule has 1 fully saturated rings. The van der Waals surface area contributed by atoms with Crippen LogP contribution in [0.1, 0.15) is 10.4 Å². The lowest BCUT2D eigenvalue weighted by molar-refractivity contribution is 0.0743. The minimum absolute atomic E-state index is 0.138. The highest BCUT2D eigenvalue weighted by molar-refractivity contribution is 7.13. The molecular formula is C14H14FN3O2S. The first-order valence-corrected chi connectivity index (χ1v) is 7.45. The van der Waals surface area contributed by atoms with Crippen LogP contribution in [-0.4, -0.2) is 47.1 Å². The second-order valence-corrected chi connectivity index (χ2v) is 5.63. The first kappa shape index (κ1) is 13.8. The van der Waals surface area contributed by atoms with Crippen LogP contribution in [0.2, 0.25) is 0 Å². The molecule has 0 unspecified atom stereocenters. The Balaban J connectivity index is 1.67. The highest BCUT2D eigenvalue weighted by Gasteiger charge is 2.24. The molecule has 3 rings (SSSR count). The minimum Gasteiger partial charge on any atom is -0.507 e. The molecule has 0 bridgehead atoms. The molecule has 1 aromatic carbocycles. The zero-order valence-electron chi connectivity index (χ0n) is 11.2. The molecule has 2 aromatic rings. The maximum absolute atomic E-state index is 13.0. The van der Waals surface area contributed by atoms with Gasteiger partial charge in [-0.05, 0) is 12.1 Å². The van der Waals surface area contributed by atoms with Crippen molar-refractivity contribution in [2.75, 3.05) is 31.1 Å². The van der Waals surface area contributed by atoms with Crippen LogP contribution in [0, 0.1) is 5.82 Å². The average Bonchev–Trinajstić information content (AvgIpc) is 3.01. The molecule has 1 aromatic heterocycles. The lowest BCUT2D eigenvalue weighted by Crippen LogP contribution is -2.48. The van der Waals surface area contributed by atoms with Crippen molar-refractivity contribution in [1.29, 1.82) is 0 Å². The number of hydrogen-bond donors (Lipinski definition) is 1. The van der Waals surface area contributed by atoms with E-state index in [1.807, 2.05) is 5.38 Å². The average molecular weight is 307 g/mol. The number of halogens is 1. The molecule has 5 nitrogen and oxygen atoms in total. The van der Waals surface area contributed by atoms with Gasteiger partial charge < -0.3 is 14.9 Å². The molecule has 1 saturated heterocycles. The Hall–Kier alpha value is -2.15. The smallest absolute Gasteiger partial charge is 0.257 e. The molecule has 0 aliphatic carbocycles. The molecule has 0 saturated carbocycles. The van der Waals surface area contributed by atoms with Crippen molar-refractivity contribution >= 4 is 22.4 Å². The van der Waals surface area contributed by atoms with Gasteiger partial charge in [-0.3, -0.25) is 4.79 Å². The van der Waals surface area contributed by atoms with Crippen molar-refractivity contribution in [3.63, 3.8) is 0 Å². The summed E-state index contributed by atoms with van der Waals surface area (Å²) in [6, 6.07) is 3.46. The maximum Gasteiger partial charge on any atom is 0.257 e. The Morgan fingerprint density at radius 2 is 2.05 bits per heavy atom. The summed E-state index contributed by atoms with van der Waals surface area (Å²) in [5.41, 5.74) is 0.138. The number of carbonyl (C=O) groups is 1. The number of piperazine rings is 1. The normalized spacial score (nSPS) is 15.3. The number of hydrogen-bond acceptors (Lipinski definition) is 5. The lowest BCUT2D eigenvalue weighted by Gasteiger charge is -2.34. The Morgan fingerprint density at radius 1 is 1.29 bits per heavy atom. The van der Waals surface area contributed by atoms with Gasteiger partial charge in [0.25, 0.3) is 5.91 Å². The third-order valence-electron chi connectivity index (χ3n) is 3.45. The Bertz CT molecular complexity index is 640. The fraction of sp³-hybridized carbons (Fsp3) is 0.286. The fourth-order valence-electron chi connectivity index (χ4n) is 2.33. The Kier molecular flexibility index (Phi) is 3.74. The number of thiazole rings is 1. The third-order valence-corrected chi connectivity index (χ3v) is 4.28. The molecule has 1 amide bonds. The monoisotopic (exact) mass is 307 g/mol. The number of benzene rings is 1. The van der Waals surface area contributed by atoms with Crippen molar-refractivity contribution in [1.82, 2.24) is 9.88 Å². The molecule has 0 atom stereocenters. The van der Waals surface area contributed by atoms with Crippen LogP contribution in [0.4, 0.5) is 9.52 Å². The standard InChI is InChI=1S/C14H14FN3O2S/c15-10-1-2-11(12(19)9-10)13(20)17-4-6-18(7-5-17)14-16-3-8-21-14/h1-3,8-9,19H,4-7H2. The molecule has 1 aliphatic rings. The van der Waals surface area contributed by atoms with Crippen molar-refractivity contribution in [2.45, 2.75) is 0 Å². The van der Waals surface area contributed by atoms with Crippen molar-refractivity contribution in [3.05, 3.63) is 41.2 Å². The maximum atomic E-state index is 13.0.